The molecule has 0 radical (unpaired) electrons. The fraction of sp³-hybridized carbons (Fsp3) is 0.0652. The smallest absolute Gasteiger partial charge is 0.165 e. The Labute approximate surface area is 286 Å². The normalized spacial score (nSPS) is 12.9. The molecule has 232 valence electrons. The zero-order valence-electron chi connectivity index (χ0n) is 27.4. The summed E-state index contributed by atoms with van der Waals surface area (Å²) in [6.07, 6.45) is 0. The van der Waals surface area contributed by atoms with Crippen molar-refractivity contribution in [3.8, 4) is 67.5 Å². The van der Waals surface area contributed by atoms with Crippen molar-refractivity contribution in [3.05, 3.63) is 175 Å². The lowest BCUT2D eigenvalue weighted by molar-refractivity contribution is 0.661. The second-order valence-electron chi connectivity index (χ2n) is 13.3. The summed E-state index contributed by atoms with van der Waals surface area (Å²) in [6, 6.07) is 57.8. The maximum atomic E-state index is 5.22. The van der Waals surface area contributed by atoms with Crippen LogP contribution in [0.15, 0.2) is 164 Å². The zero-order chi connectivity index (χ0) is 33.0. The highest BCUT2D eigenvalue weighted by Gasteiger charge is 2.38. The van der Waals surface area contributed by atoms with Crippen LogP contribution in [0.1, 0.15) is 25.0 Å². The molecule has 0 spiro atoms. The summed E-state index contributed by atoms with van der Waals surface area (Å²) < 4.78 is 0. The highest BCUT2D eigenvalue weighted by atomic mass is 15.0. The summed E-state index contributed by atoms with van der Waals surface area (Å²) in [5.41, 5.74) is 12.6. The van der Waals surface area contributed by atoms with Gasteiger partial charge in [-0.25, -0.2) is 15.0 Å². The lowest BCUT2D eigenvalue weighted by Gasteiger charge is -2.23. The minimum atomic E-state index is -0.235. The van der Waals surface area contributed by atoms with Gasteiger partial charge in [-0.1, -0.05) is 166 Å². The van der Waals surface area contributed by atoms with Crippen molar-refractivity contribution in [1.29, 1.82) is 0 Å². The molecule has 0 saturated heterocycles. The highest BCUT2D eigenvalue weighted by molar-refractivity contribution is 6.07. The Hall–Kier alpha value is -6.19. The predicted molar refractivity (Wildman–Crippen MR) is 202 cm³/mol. The highest BCUT2D eigenvalue weighted by Crippen LogP contribution is 2.54. The summed E-state index contributed by atoms with van der Waals surface area (Å²) in [5.74, 6) is 2.01. The number of nitrogens with zero attached hydrogens (tertiary/aromatic N) is 3. The molecule has 0 bridgehead atoms. The Morgan fingerprint density at radius 3 is 1.45 bits per heavy atom. The van der Waals surface area contributed by atoms with Crippen molar-refractivity contribution in [2.75, 3.05) is 0 Å². The Morgan fingerprint density at radius 2 is 0.837 bits per heavy atom. The minimum absolute atomic E-state index is 0.235. The molecule has 8 aromatic rings. The van der Waals surface area contributed by atoms with Crippen molar-refractivity contribution in [3.63, 3.8) is 0 Å². The van der Waals surface area contributed by atoms with Crippen molar-refractivity contribution in [2.45, 2.75) is 19.3 Å². The van der Waals surface area contributed by atoms with Crippen molar-refractivity contribution >= 4 is 10.8 Å². The second kappa shape index (κ2) is 11.5. The van der Waals surface area contributed by atoms with Crippen LogP contribution in [-0.2, 0) is 5.41 Å². The Kier molecular flexibility index (Phi) is 6.80. The monoisotopic (exact) mass is 627 g/mol. The molecule has 7 aromatic carbocycles. The first-order valence-corrected chi connectivity index (χ1v) is 16.8. The van der Waals surface area contributed by atoms with Crippen LogP contribution in [0.25, 0.3) is 78.3 Å². The molecule has 0 atom stereocenters. The van der Waals surface area contributed by atoms with Crippen molar-refractivity contribution < 1.29 is 0 Å². The lowest BCUT2D eigenvalue weighted by Crippen LogP contribution is -2.15. The van der Waals surface area contributed by atoms with Gasteiger partial charge in [0.1, 0.15) is 0 Å². The van der Waals surface area contributed by atoms with Crippen molar-refractivity contribution in [2.24, 2.45) is 0 Å². The number of hydrogen-bond acceptors (Lipinski definition) is 3. The van der Waals surface area contributed by atoms with Crippen LogP contribution in [0.2, 0.25) is 0 Å². The van der Waals surface area contributed by atoms with Gasteiger partial charge >= 0.3 is 0 Å². The third kappa shape index (κ3) is 4.94. The summed E-state index contributed by atoms with van der Waals surface area (Å²) in [7, 11) is 0. The van der Waals surface area contributed by atoms with Crippen LogP contribution >= 0.6 is 0 Å². The van der Waals surface area contributed by atoms with Gasteiger partial charge in [0, 0.05) is 22.1 Å². The number of rotatable bonds is 5. The quantitative estimate of drug-likeness (QED) is 0.191. The van der Waals surface area contributed by atoms with E-state index in [1.54, 1.807) is 0 Å². The first-order chi connectivity index (χ1) is 24.0. The molecular weight excluding hydrogens is 595 g/mol. The molecule has 49 heavy (non-hydrogen) atoms. The van der Waals surface area contributed by atoms with Gasteiger partial charge in [0.2, 0.25) is 0 Å². The van der Waals surface area contributed by atoms with Crippen LogP contribution in [0.4, 0.5) is 0 Å². The Bertz CT molecular complexity index is 2430. The SMILES string of the molecule is CC1(C)c2cc(-c3ccc(-c4ccccc4)cc3)ccc2-c2c1cc1ccccc1c2-c1nc(-c2ccccc2)nc(-c2ccccc2)n1. The van der Waals surface area contributed by atoms with E-state index < -0.39 is 0 Å². The molecule has 3 heteroatoms. The summed E-state index contributed by atoms with van der Waals surface area (Å²) >= 11 is 0. The van der Waals surface area contributed by atoms with E-state index in [1.165, 1.54) is 49.9 Å². The number of aromatic nitrogens is 3. The fourth-order valence-corrected chi connectivity index (χ4v) is 7.36. The Morgan fingerprint density at radius 1 is 0.367 bits per heavy atom. The van der Waals surface area contributed by atoms with E-state index in [-0.39, 0.29) is 5.41 Å². The lowest BCUT2D eigenvalue weighted by atomic mass is 9.80. The molecule has 0 fully saturated rings. The summed E-state index contributed by atoms with van der Waals surface area (Å²) in [4.78, 5) is 15.4. The van der Waals surface area contributed by atoms with Gasteiger partial charge in [-0.05, 0) is 67.4 Å². The average Bonchev–Trinajstić information content (AvgIpc) is 3.39. The first kappa shape index (κ1) is 29.0. The summed E-state index contributed by atoms with van der Waals surface area (Å²) in [6.45, 7) is 4.69. The van der Waals surface area contributed by atoms with Gasteiger partial charge in [-0.2, -0.15) is 0 Å². The fourth-order valence-electron chi connectivity index (χ4n) is 7.36. The molecular formula is C46H33N3. The topological polar surface area (TPSA) is 38.7 Å². The van der Waals surface area contributed by atoms with Crippen LogP contribution in [0.5, 0.6) is 0 Å². The molecule has 0 unspecified atom stereocenters. The van der Waals surface area contributed by atoms with E-state index in [9.17, 15) is 0 Å². The molecule has 1 heterocycles. The Balaban J connectivity index is 1.25. The molecule has 0 N–H and O–H groups in total. The second-order valence-corrected chi connectivity index (χ2v) is 13.3. The molecule has 3 nitrogen and oxygen atoms in total. The van der Waals surface area contributed by atoms with Gasteiger partial charge in [-0.3, -0.25) is 0 Å². The first-order valence-electron chi connectivity index (χ1n) is 16.8. The molecule has 0 amide bonds. The standard InChI is InChI=1S/C46H33N3/c1-46(2)39-28-35(32-24-22-31(23-25-32)30-14-6-3-7-15-30)26-27-38(39)41-40(46)29-36-20-12-13-21-37(36)42(41)45-48-43(33-16-8-4-9-17-33)47-44(49-45)34-18-10-5-11-19-34/h3-29H,1-2H3. The van der Waals surface area contributed by atoms with E-state index >= 15 is 0 Å². The average molecular weight is 628 g/mol. The zero-order valence-corrected chi connectivity index (χ0v) is 27.4. The van der Waals surface area contributed by atoms with E-state index in [0.717, 1.165) is 22.1 Å². The number of hydrogen-bond donors (Lipinski definition) is 0. The van der Waals surface area contributed by atoms with Gasteiger partial charge in [-0.15, -0.1) is 0 Å². The van der Waals surface area contributed by atoms with E-state index in [1.807, 2.05) is 36.4 Å². The van der Waals surface area contributed by atoms with Gasteiger partial charge < -0.3 is 0 Å². The van der Waals surface area contributed by atoms with Crippen molar-refractivity contribution in [1.82, 2.24) is 15.0 Å². The van der Waals surface area contributed by atoms with Crippen LogP contribution in [0, 0.1) is 0 Å². The van der Waals surface area contributed by atoms with Gasteiger partial charge in [0.25, 0.3) is 0 Å². The third-order valence-electron chi connectivity index (χ3n) is 9.93. The third-order valence-corrected chi connectivity index (χ3v) is 9.93. The van der Waals surface area contributed by atoms with E-state index in [4.69, 9.17) is 15.0 Å². The van der Waals surface area contributed by atoms with Gasteiger partial charge in [0.05, 0.1) is 0 Å². The van der Waals surface area contributed by atoms with Crippen LogP contribution in [-0.4, -0.2) is 15.0 Å². The minimum Gasteiger partial charge on any atom is -0.208 e. The van der Waals surface area contributed by atoms with E-state index in [0.29, 0.717) is 17.5 Å². The van der Waals surface area contributed by atoms with Crippen LogP contribution in [0.3, 0.4) is 0 Å². The molecule has 0 aliphatic heterocycles. The van der Waals surface area contributed by atoms with Crippen LogP contribution < -0.4 is 0 Å². The largest absolute Gasteiger partial charge is 0.208 e. The molecule has 1 aliphatic rings. The molecule has 0 saturated carbocycles. The maximum Gasteiger partial charge on any atom is 0.165 e. The molecule has 9 rings (SSSR count). The predicted octanol–water partition coefficient (Wildman–Crippen LogP) is 11.7. The molecule has 1 aliphatic carbocycles. The number of fused-ring (bicyclic) bond motifs is 4. The molecule has 1 aromatic heterocycles. The summed E-state index contributed by atoms with van der Waals surface area (Å²) in [5, 5.41) is 2.31. The van der Waals surface area contributed by atoms with E-state index in [2.05, 4.69) is 141 Å². The maximum absolute atomic E-state index is 5.22. The van der Waals surface area contributed by atoms with Gasteiger partial charge in [0.15, 0.2) is 17.5 Å². The number of benzene rings is 7.